The number of ether oxygens (including phenoxy) is 1. The van der Waals surface area contributed by atoms with E-state index in [0.29, 0.717) is 12.1 Å². The van der Waals surface area contributed by atoms with Gasteiger partial charge in [-0.1, -0.05) is 0 Å². The number of likely N-dealkylation sites (tertiary alicyclic amines) is 1. The highest BCUT2D eigenvalue weighted by Crippen LogP contribution is 2.18. The van der Waals surface area contributed by atoms with Gasteiger partial charge in [0.2, 0.25) is 0 Å². The molecule has 2 aliphatic rings. The number of morpholine rings is 1. The quantitative estimate of drug-likeness (QED) is 0.803. The van der Waals surface area contributed by atoms with E-state index in [0.717, 1.165) is 25.8 Å². The molecule has 0 aromatic rings. The van der Waals surface area contributed by atoms with Gasteiger partial charge in [-0.15, -0.1) is 0 Å². The molecule has 0 aliphatic carbocycles. The molecular weight excluding hydrogens is 226 g/mol. The maximum Gasteiger partial charge on any atom is 0.0620 e. The van der Waals surface area contributed by atoms with Gasteiger partial charge in [-0.3, -0.25) is 4.90 Å². The molecular formula is C14H29N3O. The Balaban J connectivity index is 1.78. The van der Waals surface area contributed by atoms with Crippen molar-refractivity contribution < 1.29 is 4.74 Å². The van der Waals surface area contributed by atoms with Crippen LogP contribution in [0.15, 0.2) is 0 Å². The second kappa shape index (κ2) is 6.85. The first-order chi connectivity index (χ1) is 8.66. The Morgan fingerprint density at radius 1 is 1.44 bits per heavy atom. The summed E-state index contributed by atoms with van der Waals surface area (Å²) in [5, 5.41) is 3.56. The number of likely N-dealkylation sites (N-methyl/N-ethyl adjacent to an activating group) is 1. The second-order valence-corrected chi connectivity index (χ2v) is 6.07. The largest absolute Gasteiger partial charge is 0.379 e. The van der Waals surface area contributed by atoms with Gasteiger partial charge in [0, 0.05) is 31.2 Å². The van der Waals surface area contributed by atoms with E-state index in [1.54, 1.807) is 0 Å². The molecule has 1 N–H and O–H groups in total. The smallest absolute Gasteiger partial charge is 0.0620 e. The lowest BCUT2D eigenvalue weighted by atomic mass is 10.00. The Bertz CT molecular complexity index is 241. The standard InChI is InChI=1S/C14H29N3O/c1-12(9-13-11-18-8-6-15-13)17-7-4-5-14(10-17)16(2)3/h12-15H,4-11H2,1-3H3. The molecule has 2 fully saturated rings. The summed E-state index contributed by atoms with van der Waals surface area (Å²) in [6.45, 7) is 7.62. The minimum atomic E-state index is 0.550. The molecule has 4 heteroatoms. The van der Waals surface area contributed by atoms with Crippen molar-refractivity contribution in [3.8, 4) is 0 Å². The minimum Gasteiger partial charge on any atom is -0.379 e. The Kier molecular flexibility index (Phi) is 5.42. The fraction of sp³-hybridized carbons (Fsp3) is 1.00. The molecule has 0 bridgehead atoms. The molecule has 0 amide bonds. The van der Waals surface area contributed by atoms with E-state index in [9.17, 15) is 0 Å². The summed E-state index contributed by atoms with van der Waals surface area (Å²) >= 11 is 0. The van der Waals surface area contributed by atoms with Crippen LogP contribution in [0.2, 0.25) is 0 Å². The molecule has 0 aromatic carbocycles. The Hall–Kier alpha value is -0.160. The van der Waals surface area contributed by atoms with Crippen molar-refractivity contribution in [2.75, 3.05) is 46.9 Å². The van der Waals surface area contributed by atoms with E-state index in [4.69, 9.17) is 4.74 Å². The highest BCUT2D eigenvalue weighted by molar-refractivity contribution is 4.84. The van der Waals surface area contributed by atoms with Gasteiger partial charge in [0.05, 0.1) is 13.2 Å². The molecule has 3 atom stereocenters. The van der Waals surface area contributed by atoms with E-state index in [2.05, 4.69) is 36.1 Å². The van der Waals surface area contributed by atoms with Crippen molar-refractivity contribution in [1.29, 1.82) is 0 Å². The van der Waals surface area contributed by atoms with Crippen molar-refractivity contribution in [2.24, 2.45) is 0 Å². The molecule has 0 aromatic heterocycles. The molecule has 0 spiro atoms. The SMILES string of the molecule is CC(CC1COCCN1)N1CCCC(N(C)C)C1. The number of hydrogen-bond donors (Lipinski definition) is 1. The molecule has 2 aliphatic heterocycles. The van der Waals surface area contributed by atoms with Gasteiger partial charge in [0.15, 0.2) is 0 Å². The number of nitrogens with zero attached hydrogens (tertiary/aromatic N) is 2. The minimum absolute atomic E-state index is 0.550. The van der Waals surface area contributed by atoms with Crippen molar-refractivity contribution in [2.45, 2.75) is 44.3 Å². The number of rotatable bonds is 4. The predicted octanol–water partition coefficient (Wildman–Crippen LogP) is 0.779. The molecule has 2 rings (SSSR count). The normalized spacial score (nSPS) is 32.7. The first-order valence-electron chi connectivity index (χ1n) is 7.38. The van der Waals surface area contributed by atoms with Crippen LogP contribution in [0.3, 0.4) is 0 Å². The van der Waals surface area contributed by atoms with Crippen molar-refractivity contribution in [3.05, 3.63) is 0 Å². The lowest BCUT2D eigenvalue weighted by Crippen LogP contribution is -2.51. The summed E-state index contributed by atoms with van der Waals surface area (Å²) in [6.07, 6.45) is 3.89. The molecule has 0 saturated carbocycles. The van der Waals surface area contributed by atoms with Gasteiger partial charge in [0.25, 0.3) is 0 Å². The van der Waals surface area contributed by atoms with Crippen LogP contribution in [0.5, 0.6) is 0 Å². The summed E-state index contributed by atoms with van der Waals surface area (Å²) in [6, 6.07) is 1.94. The van der Waals surface area contributed by atoms with Crippen LogP contribution in [0.4, 0.5) is 0 Å². The summed E-state index contributed by atoms with van der Waals surface area (Å²) in [5.41, 5.74) is 0. The van der Waals surface area contributed by atoms with Gasteiger partial charge < -0.3 is 15.0 Å². The summed E-state index contributed by atoms with van der Waals surface area (Å²) in [7, 11) is 4.41. The van der Waals surface area contributed by atoms with E-state index >= 15 is 0 Å². The predicted molar refractivity (Wildman–Crippen MR) is 75.0 cm³/mol. The van der Waals surface area contributed by atoms with E-state index in [1.807, 2.05) is 0 Å². The molecule has 106 valence electrons. The Morgan fingerprint density at radius 2 is 2.28 bits per heavy atom. The zero-order chi connectivity index (χ0) is 13.0. The molecule has 2 heterocycles. The third-order valence-corrected chi connectivity index (χ3v) is 4.41. The fourth-order valence-electron chi connectivity index (χ4n) is 3.14. The maximum atomic E-state index is 5.54. The Morgan fingerprint density at radius 3 is 2.94 bits per heavy atom. The van der Waals surface area contributed by atoms with Gasteiger partial charge in [-0.05, 0) is 46.8 Å². The van der Waals surface area contributed by atoms with Crippen molar-refractivity contribution in [1.82, 2.24) is 15.1 Å². The molecule has 18 heavy (non-hydrogen) atoms. The zero-order valence-corrected chi connectivity index (χ0v) is 12.2. The lowest BCUT2D eigenvalue weighted by molar-refractivity contribution is 0.0505. The first kappa shape index (κ1) is 14.3. The molecule has 3 unspecified atom stereocenters. The van der Waals surface area contributed by atoms with E-state index in [-0.39, 0.29) is 0 Å². The second-order valence-electron chi connectivity index (χ2n) is 6.07. The first-order valence-corrected chi connectivity index (χ1v) is 7.38. The Labute approximate surface area is 112 Å². The number of nitrogens with one attached hydrogen (secondary N) is 1. The third-order valence-electron chi connectivity index (χ3n) is 4.41. The van der Waals surface area contributed by atoms with Gasteiger partial charge in [0.1, 0.15) is 0 Å². The van der Waals surface area contributed by atoms with Crippen LogP contribution >= 0.6 is 0 Å². The van der Waals surface area contributed by atoms with Gasteiger partial charge >= 0.3 is 0 Å². The highest BCUT2D eigenvalue weighted by atomic mass is 16.5. The fourth-order valence-corrected chi connectivity index (χ4v) is 3.14. The van der Waals surface area contributed by atoms with Crippen LogP contribution in [-0.2, 0) is 4.74 Å². The molecule has 4 nitrogen and oxygen atoms in total. The van der Waals surface area contributed by atoms with Crippen LogP contribution in [0.1, 0.15) is 26.2 Å². The summed E-state index contributed by atoms with van der Waals surface area (Å²) in [4.78, 5) is 5.03. The topological polar surface area (TPSA) is 27.7 Å². The van der Waals surface area contributed by atoms with E-state index < -0.39 is 0 Å². The molecule has 2 saturated heterocycles. The lowest BCUT2D eigenvalue weighted by Gasteiger charge is -2.40. The van der Waals surface area contributed by atoms with E-state index in [1.165, 1.54) is 32.4 Å². The average Bonchev–Trinajstić information content (AvgIpc) is 2.40. The van der Waals surface area contributed by atoms with Crippen molar-refractivity contribution >= 4 is 0 Å². The number of piperidine rings is 1. The third kappa shape index (κ3) is 3.92. The summed E-state index contributed by atoms with van der Waals surface area (Å²) < 4.78 is 5.54. The van der Waals surface area contributed by atoms with Crippen LogP contribution in [0.25, 0.3) is 0 Å². The van der Waals surface area contributed by atoms with Crippen LogP contribution in [0, 0.1) is 0 Å². The summed E-state index contributed by atoms with van der Waals surface area (Å²) in [5.74, 6) is 0. The maximum absolute atomic E-state index is 5.54. The van der Waals surface area contributed by atoms with Crippen LogP contribution < -0.4 is 5.32 Å². The van der Waals surface area contributed by atoms with Gasteiger partial charge in [-0.2, -0.15) is 0 Å². The average molecular weight is 255 g/mol. The zero-order valence-electron chi connectivity index (χ0n) is 12.2. The van der Waals surface area contributed by atoms with Crippen molar-refractivity contribution in [3.63, 3.8) is 0 Å². The highest BCUT2D eigenvalue weighted by Gasteiger charge is 2.26. The van der Waals surface area contributed by atoms with Crippen LogP contribution in [-0.4, -0.2) is 74.9 Å². The van der Waals surface area contributed by atoms with Gasteiger partial charge in [-0.25, -0.2) is 0 Å². The number of hydrogen-bond acceptors (Lipinski definition) is 4. The molecule has 0 radical (unpaired) electrons. The monoisotopic (exact) mass is 255 g/mol.